The van der Waals surface area contributed by atoms with Crippen LogP contribution in [0.4, 0.5) is 15.9 Å². The van der Waals surface area contributed by atoms with Gasteiger partial charge in [0.05, 0.1) is 23.0 Å². The van der Waals surface area contributed by atoms with Gasteiger partial charge in [-0.15, -0.1) is 0 Å². The Morgan fingerprint density at radius 3 is 2.48 bits per heavy atom. The molecule has 31 heavy (non-hydrogen) atoms. The van der Waals surface area contributed by atoms with Gasteiger partial charge in [-0.05, 0) is 53.4 Å². The summed E-state index contributed by atoms with van der Waals surface area (Å²) >= 11 is 3.28. The molecule has 1 aromatic heterocycles. The average molecular weight is 512 g/mol. The van der Waals surface area contributed by atoms with E-state index in [9.17, 15) is 17.6 Å². The van der Waals surface area contributed by atoms with Crippen LogP contribution in [0.25, 0.3) is 0 Å². The van der Waals surface area contributed by atoms with Crippen molar-refractivity contribution >= 4 is 43.2 Å². The Morgan fingerprint density at radius 1 is 1.13 bits per heavy atom. The molecular formula is C20H23BrFN5O3S. The van der Waals surface area contributed by atoms with Gasteiger partial charge in [-0.25, -0.2) is 22.8 Å². The second-order valence-electron chi connectivity index (χ2n) is 7.85. The van der Waals surface area contributed by atoms with Crippen LogP contribution in [0.1, 0.15) is 19.3 Å². The van der Waals surface area contributed by atoms with Crippen LogP contribution in [0, 0.1) is 5.82 Å². The Balaban J connectivity index is 1.36. The van der Waals surface area contributed by atoms with Crippen LogP contribution in [0.3, 0.4) is 0 Å². The predicted octanol–water partition coefficient (Wildman–Crippen LogP) is 2.46. The Kier molecular flexibility index (Phi) is 6.16. The van der Waals surface area contributed by atoms with E-state index in [0.717, 1.165) is 44.1 Å². The highest BCUT2D eigenvalue weighted by Gasteiger charge is 2.37. The smallest absolute Gasteiger partial charge is 0.245 e. The number of anilines is 2. The summed E-state index contributed by atoms with van der Waals surface area (Å²) in [6.07, 6.45) is 6.66. The molecule has 0 saturated carbocycles. The van der Waals surface area contributed by atoms with Crippen molar-refractivity contribution in [1.82, 2.24) is 14.9 Å². The molecule has 0 unspecified atom stereocenters. The number of carbonyl (C=O) groups is 1. The van der Waals surface area contributed by atoms with Crippen LogP contribution in [-0.2, 0) is 14.6 Å². The van der Waals surface area contributed by atoms with Gasteiger partial charge >= 0.3 is 0 Å². The predicted molar refractivity (Wildman–Crippen MR) is 118 cm³/mol. The van der Waals surface area contributed by atoms with Gasteiger partial charge in [0.15, 0.2) is 9.84 Å². The molecule has 1 amide bonds. The van der Waals surface area contributed by atoms with E-state index in [1.54, 1.807) is 12.4 Å². The van der Waals surface area contributed by atoms with Crippen molar-refractivity contribution in [3.05, 3.63) is 41.0 Å². The minimum atomic E-state index is -3.49. The molecule has 2 fully saturated rings. The molecular weight excluding hydrogens is 489 g/mol. The third-order valence-electron chi connectivity index (χ3n) is 5.77. The lowest BCUT2D eigenvalue weighted by Crippen LogP contribution is -2.47. The standard InChI is InChI=1S/C20H23BrFN5O3S/c1-31(29,30)14-2-3-16(15(22)10-14)25-17-6-9-27(20(17)28)13-4-7-26(8-5-13)19-12-23-18(21)11-24-19/h2-3,10-13,17,25H,4-9H2,1H3/t17-/m0/s1. The van der Waals surface area contributed by atoms with Crippen molar-refractivity contribution in [2.24, 2.45) is 0 Å². The number of amides is 1. The monoisotopic (exact) mass is 511 g/mol. The summed E-state index contributed by atoms with van der Waals surface area (Å²) in [6, 6.07) is 3.32. The molecule has 1 N–H and O–H groups in total. The number of carbonyl (C=O) groups excluding carboxylic acids is 1. The van der Waals surface area contributed by atoms with E-state index < -0.39 is 21.7 Å². The lowest BCUT2D eigenvalue weighted by molar-refractivity contribution is -0.130. The number of nitrogens with one attached hydrogen (secondary N) is 1. The van der Waals surface area contributed by atoms with Crippen LogP contribution >= 0.6 is 15.9 Å². The molecule has 0 spiro atoms. The Morgan fingerprint density at radius 2 is 1.87 bits per heavy atom. The van der Waals surface area contributed by atoms with E-state index in [-0.39, 0.29) is 22.5 Å². The fourth-order valence-corrected chi connectivity index (χ4v) is 4.94. The highest BCUT2D eigenvalue weighted by atomic mass is 79.9. The number of hydrogen-bond donors (Lipinski definition) is 1. The maximum atomic E-state index is 14.4. The van der Waals surface area contributed by atoms with Crippen molar-refractivity contribution in [2.45, 2.75) is 36.2 Å². The summed E-state index contributed by atoms with van der Waals surface area (Å²) in [4.78, 5) is 25.5. The minimum absolute atomic E-state index is 0.0477. The SMILES string of the molecule is CS(=O)(=O)c1ccc(N[C@H]2CCN(C3CCN(c4cnc(Br)cn4)CC3)C2=O)c(F)c1. The average Bonchev–Trinajstić information content (AvgIpc) is 3.10. The molecule has 11 heteroatoms. The lowest BCUT2D eigenvalue weighted by Gasteiger charge is -2.37. The molecule has 4 rings (SSSR count). The molecule has 166 valence electrons. The number of aromatic nitrogens is 2. The van der Waals surface area contributed by atoms with Gasteiger partial charge in [0, 0.05) is 31.9 Å². The Hall–Kier alpha value is -2.27. The highest BCUT2D eigenvalue weighted by Crippen LogP contribution is 2.27. The van der Waals surface area contributed by atoms with Crippen LogP contribution < -0.4 is 10.2 Å². The highest BCUT2D eigenvalue weighted by molar-refractivity contribution is 9.10. The number of benzene rings is 1. The summed E-state index contributed by atoms with van der Waals surface area (Å²) < 4.78 is 38.2. The van der Waals surface area contributed by atoms with Crippen molar-refractivity contribution in [1.29, 1.82) is 0 Å². The van der Waals surface area contributed by atoms with Gasteiger partial charge in [0.25, 0.3) is 0 Å². The molecule has 0 bridgehead atoms. The minimum Gasteiger partial charge on any atom is -0.371 e. The van der Waals surface area contributed by atoms with Gasteiger partial charge in [-0.2, -0.15) is 0 Å². The van der Waals surface area contributed by atoms with Gasteiger partial charge in [0.2, 0.25) is 5.91 Å². The fourth-order valence-electron chi connectivity index (χ4n) is 4.11. The first kappa shape index (κ1) is 21.9. The summed E-state index contributed by atoms with van der Waals surface area (Å²) in [5.41, 5.74) is 0.135. The first-order valence-electron chi connectivity index (χ1n) is 10.0. The van der Waals surface area contributed by atoms with E-state index in [4.69, 9.17) is 0 Å². The van der Waals surface area contributed by atoms with Crippen molar-refractivity contribution in [3.63, 3.8) is 0 Å². The number of hydrogen-bond acceptors (Lipinski definition) is 7. The first-order valence-corrected chi connectivity index (χ1v) is 12.7. The summed E-state index contributed by atoms with van der Waals surface area (Å²) in [5.74, 6) is 0.0912. The molecule has 1 atom stereocenters. The third-order valence-corrected chi connectivity index (χ3v) is 7.29. The first-order chi connectivity index (χ1) is 14.7. The van der Waals surface area contributed by atoms with E-state index in [2.05, 4.69) is 36.1 Å². The zero-order valence-corrected chi connectivity index (χ0v) is 19.4. The second kappa shape index (κ2) is 8.70. The van der Waals surface area contributed by atoms with E-state index in [0.29, 0.717) is 17.6 Å². The molecule has 2 saturated heterocycles. The van der Waals surface area contributed by atoms with Crippen LogP contribution in [-0.4, -0.2) is 67.2 Å². The van der Waals surface area contributed by atoms with Crippen molar-refractivity contribution in [2.75, 3.05) is 36.1 Å². The fraction of sp³-hybridized carbons (Fsp3) is 0.450. The van der Waals surface area contributed by atoms with E-state index in [1.165, 1.54) is 12.1 Å². The third kappa shape index (κ3) is 4.82. The Bertz CT molecular complexity index is 1070. The second-order valence-corrected chi connectivity index (χ2v) is 10.7. The lowest BCUT2D eigenvalue weighted by atomic mass is 10.0. The summed E-state index contributed by atoms with van der Waals surface area (Å²) in [6.45, 7) is 2.18. The molecule has 2 aromatic rings. The number of nitrogens with zero attached hydrogens (tertiary/aromatic N) is 4. The van der Waals surface area contributed by atoms with Crippen LogP contribution in [0.15, 0.2) is 40.1 Å². The summed E-state index contributed by atoms with van der Waals surface area (Å²) in [7, 11) is -3.49. The normalized spacial score (nSPS) is 20.4. The molecule has 2 aliphatic heterocycles. The quantitative estimate of drug-likeness (QED) is 0.658. The largest absolute Gasteiger partial charge is 0.371 e. The van der Waals surface area contributed by atoms with Crippen LogP contribution in [0.5, 0.6) is 0 Å². The van der Waals surface area contributed by atoms with Gasteiger partial charge in [0.1, 0.15) is 22.3 Å². The molecule has 1 aromatic carbocycles. The van der Waals surface area contributed by atoms with Crippen LogP contribution in [0.2, 0.25) is 0 Å². The number of piperidine rings is 1. The number of likely N-dealkylation sites (tertiary alicyclic amines) is 1. The molecule has 0 aliphatic carbocycles. The number of halogens is 2. The van der Waals surface area contributed by atoms with Gasteiger partial charge < -0.3 is 15.1 Å². The Labute approximate surface area is 188 Å². The zero-order chi connectivity index (χ0) is 22.2. The maximum Gasteiger partial charge on any atom is 0.245 e. The zero-order valence-electron chi connectivity index (χ0n) is 17.0. The molecule has 8 nitrogen and oxygen atoms in total. The van der Waals surface area contributed by atoms with Gasteiger partial charge in [-0.1, -0.05) is 0 Å². The van der Waals surface area contributed by atoms with Crippen molar-refractivity contribution < 1.29 is 17.6 Å². The number of rotatable bonds is 5. The topological polar surface area (TPSA) is 95.5 Å². The van der Waals surface area contributed by atoms with E-state index >= 15 is 0 Å². The maximum absolute atomic E-state index is 14.4. The molecule has 2 aliphatic rings. The number of sulfone groups is 1. The van der Waals surface area contributed by atoms with Gasteiger partial charge in [-0.3, -0.25) is 4.79 Å². The summed E-state index contributed by atoms with van der Waals surface area (Å²) in [5, 5.41) is 2.95. The molecule has 3 heterocycles. The van der Waals surface area contributed by atoms with E-state index in [1.807, 2.05) is 4.90 Å². The van der Waals surface area contributed by atoms with Crippen molar-refractivity contribution in [3.8, 4) is 0 Å². The molecule has 0 radical (unpaired) electrons.